The van der Waals surface area contributed by atoms with Crippen molar-refractivity contribution in [2.24, 2.45) is 5.92 Å². The van der Waals surface area contributed by atoms with Crippen molar-refractivity contribution in [2.75, 3.05) is 37.6 Å². The Labute approximate surface area is 233 Å². The molecule has 39 heavy (non-hydrogen) atoms. The molecule has 2 fully saturated rings. The molecule has 0 bridgehead atoms. The van der Waals surface area contributed by atoms with Gasteiger partial charge >= 0.3 is 5.97 Å². The van der Waals surface area contributed by atoms with Gasteiger partial charge in [0.05, 0.1) is 11.3 Å². The lowest BCUT2D eigenvalue weighted by atomic mass is 9.81. The smallest absolute Gasteiger partial charge is 0.335 e. The number of carboxylic acids is 1. The van der Waals surface area contributed by atoms with Gasteiger partial charge in [-0.3, -0.25) is 0 Å². The molecule has 2 aliphatic heterocycles. The van der Waals surface area contributed by atoms with Crippen molar-refractivity contribution in [3.8, 4) is 11.3 Å². The van der Waals surface area contributed by atoms with Crippen LogP contribution in [0.3, 0.4) is 0 Å². The molecule has 1 unspecified atom stereocenters. The second-order valence-electron chi connectivity index (χ2n) is 12.4. The van der Waals surface area contributed by atoms with Crippen molar-refractivity contribution in [1.29, 1.82) is 0 Å². The highest BCUT2D eigenvalue weighted by atomic mass is 16.4. The summed E-state index contributed by atoms with van der Waals surface area (Å²) in [5.41, 5.74) is 8.45. The molecule has 6 rings (SSSR count). The van der Waals surface area contributed by atoms with Crippen LogP contribution in [-0.2, 0) is 13.0 Å². The first kappa shape index (κ1) is 26.4. The number of nitrogens with zero attached hydrogens (tertiary/aromatic N) is 3. The summed E-state index contributed by atoms with van der Waals surface area (Å²) < 4.78 is 2.48. The highest BCUT2D eigenvalue weighted by molar-refractivity contribution is 5.99. The van der Waals surface area contributed by atoms with E-state index in [1.165, 1.54) is 91.5 Å². The topological polar surface area (TPSA) is 48.7 Å². The van der Waals surface area contributed by atoms with Gasteiger partial charge in [-0.25, -0.2) is 4.79 Å². The van der Waals surface area contributed by atoms with Crippen LogP contribution in [0.5, 0.6) is 0 Å². The van der Waals surface area contributed by atoms with Gasteiger partial charge in [0.25, 0.3) is 0 Å². The molecule has 3 heterocycles. The van der Waals surface area contributed by atoms with Crippen LogP contribution in [-0.4, -0.2) is 53.3 Å². The maximum atomic E-state index is 12.0. The van der Waals surface area contributed by atoms with Gasteiger partial charge in [0.1, 0.15) is 0 Å². The monoisotopic (exact) mass is 527 g/mol. The molecule has 0 radical (unpaired) electrons. The molecule has 1 saturated carbocycles. The van der Waals surface area contributed by atoms with E-state index in [9.17, 15) is 9.90 Å². The van der Waals surface area contributed by atoms with Gasteiger partial charge in [0.15, 0.2) is 0 Å². The maximum Gasteiger partial charge on any atom is 0.335 e. The van der Waals surface area contributed by atoms with Crippen LogP contribution in [0.15, 0.2) is 36.4 Å². The lowest BCUT2D eigenvalue weighted by Gasteiger charge is -2.34. The molecule has 5 nitrogen and oxygen atoms in total. The van der Waals surface area contributed by atoms with Crippen LogP contribution in [0.1, 0.15) is 92.6 Å². The molecule has 1 atom stereocenters. The number of hydrogen-bond acceptors (Lipinski definition) is 3. The first-order chi connectivity index (χ1) is 19.0. The minimum absolute atomic E-state index is 0.386. The fourth-order valence-corrected chi connectivity index (χ4v) is 7.65. The molecule has 5 heteroatoms. The SMILES string of the molecule is CCCc1ccc2c(c1)N(CCN1CCCC(C)C1)CCn1c-2c(C2CCCCC2)c2ccc(C(=O)O)cc21. The minimum Gasteiger partial charge on any atom is -0.478 e. The van der Waals surface area contributed by atoms with Crippen LogP contribution in [0.25, 0.3) is 22.2 Å². The second kappa shape index (κ2) is 11.4. The Morgan fingerprint density at radius 2 is 1.79 bits per heavy atom. The molecular weight excluding hydrogens is 482 g/mol. The molecule has 0 spiro atoms. The van der Waals surface area contributed by atoms with E-state index < -0.39 is 5.97 Å². The zero-order valence-electron chi connectivity index (χ0n) is 23.9. The number of likely N-dealkylation sites (tertiary alicyclic amines) is 1. The third-order valence-corrected chi connectivity index (χ3v) is 9.58. The van der Waals surface area contributed by atoms with Crippen molar-refractivity contribution in [1.82, 2.24) is 9.47 Å². The van der Waals surface area contributed by atoms with E-state index in [4.69, 9.17) is 0 Å². The molecular formula is C34H45N3O2. The van der Waals surface area contributed by atoms with Gasteiger partial charge in [0.2, 0.25) is 0 Å². The Morgan fingerprint density at radius 1 is 0.949 bits per heavy atom. The number of hydrogen-bond donors (Lipinski definition) is 1. The van der Waals surface area contributed by atoms with Crippen molar-refractivity contribution < 1.29 is 9.90 Å². The summed E-state index contributed by atoms with van der Waals surface area (Å²) in [4.78, 5) is 17.3. The average molecular weight is 528 g/mol. The number of aryl methyl sites for hydroxylation is 1. The Morgan fingerprint density at radius 3 is 2.56 bits per heavy atom. The number of rotatable bonds is 7. The number of carbonyl (C=O) groups is 1. The summed E-state index contributed by atoms with van der Waals surface area (Å²) in [6, 6.07) is 13.0. The van der Waals surface area contributed by atoms with Crippen molar-refractivity contribution in [2.45, 2.75) is 84.1 Å². The predicted octanol–water partition coefficient (Wildman–Crippen LogP) is 7.56. The molecule has 3 aromatic rings. The van der Waals surface area contributed by atoms with Crippen LogP contribution in [0.2, 0.25) is 0 Å². The highest BCUT2D eigenvalue weighted by Crippen LogP contribution is 2.47. The third kappa shape index (κ3) is 5.23. The quantitative estimate of drug-likeness (QED) is 0.344. The summed E-state index contributed by atoms with van der Waals surface area (Å²) >= 11 is 0. The van der Waals surface area contributed by atoms with Gasteiger partial charge in [0, 0.05) is 54.9 Å². The Hall–Kier alpha value is -2.79. The largest absolute Gasteiger partial charge is 0.478 e. The molecule has 0 amide bonds. The Kier molecular flexibility index (Phi) is 7.70. The summed E-state index contributed by atoms with van der Waals surface area (Å²) in [5, 5.41) is 11.1. The van der Waals surface area contributed by atoms with Gasteiger partial charge in [-0.05, 0) is 79.8 Å². The molecule has 1 saturated heterocycles. The molecule has 3 aliphatic rings. The number of carboxylic acid groups (broad SMARTS) is 1. The van der Waals surface area contributed by atoms with Crippen LogP contribution in [0, 0.1) is 5.92 Å². The van der Waals surface area contributed by atoms with Gasteiger partial charge < -0.3 is 19.5 Å². The summed E-state index contributed by atoms with van der Waals surface area (Å²) in [5.74, 6) is 0.486. The van der Waals surface area contributed by atoms with Gasteiger partial charge in [-0.1, -0.05) is 57.7 Å². The predicted molar refractivity (Wildman–Crippen MR) is 161 cm³/mol. The molecule has 208 valence electrons. The van der Waals surface area contributed by atoms with E-state index in [0.29, 0.717) is 11.5 Å². The lowest BCUT2D eigenvalue weighted by Crippen LogP contribution is -2.41. The van der Waals surface area contributed by atoms with E-state index in [1.54, 1.807) is 0 Å². The number of aromatic carboxylic acids is 1. The Balaban J connectivity index is 1.47. The van der Waals surface area contributed by atoms with E-state index in [2.05, 4.69) is 52.5 Å². The lowest BCUT2D eigenvalue weighted by molar-refractivity contribution is 0.0697. The summed E-state index contributed by atoms with van der Waals surface area (Å²) in [6.07, 6.45) is 11.3. The maximum absolute atomic E-state index is 12.0. The van der Waals surface area contributed by atoms with Crippen molar-refractivity contribution in [3.05, 3.63) is 53.1 Å². The van der Waals surface area contributed by atoms with Gasteiger partial charge in [-0.15, -0.1) is 0 Å². The second-order valence-corrected chi connectivity index (χ2v) is 12.4. The van der Waals surface area contributed by atoms with Crippen LogP contribution in [0.4, 0.5) is 5.69 Å². The number of anilines is 1. The first-order valence-electron chi connectivity index (χ1n) is 15.5. The van der Waals surface area contributed by atoms with E-state index in [-0.39, 0.29) is 0 Å². The minimum atomic E-state index is -0.845. The normalized spacial score (nSPS) is 20.6. The number of aromatic nitrogens is 1. The number of piperidine rings is 1. The fraction of sp³-hybridized carbons (Fsp3) is 0.559. The summed E-state index contributed by atoms with van der Waals surface area (Å²) in [7, 11) is 0. The number of benzene rings is 2. The standard InChI is InChI=1S/C34H45N3O2/c1-3-8-25-12-14-29-30(21-25)36(18-17-35-16-7-9-24(2)23-35)19-20-37-31-22-27(34(38)39)13-15-28(31)32(33(29)37)26-10-5-4-6-11-26/h12-15,21-22,24,26H,3-11,16-20,23H2,1-2H3,(H,38,39). The Bertz CT molecular complexity index is 1340. The molecule has 2 aromatic carbocycles. The molecule has 1 N–H and O–H groups in total. The van der Waals surface area contributed by atoms with Crippen LogP contribution >= 0.6 is 0 Å². The fourth-order valence-electron chi connectivity index (χ4n) is 7.65. The zero-order chi connectivity index (χ0) is 26.9. The molecule has 1 aromatic heterocycles. The zero-order valence-corrected chi connectivity index (χ0v) is 23.9. The first-order valence-corrected chi connectivity index (χ1v) is 15.5. The van der Waals surface area contributed by atoms with Crippen molar-refractivity contribution >= 4 is 22.6 Å². The number of fused-ring (bicyclic) bond motifs is 5. The van der Waals surface area contributed by atoms with E-state index >= 15 is 0 Å². The van der Waals surface area contributed by atoms with E-state index in [1.807, 2.05) is 12.1 Å². The van der Waals surface area contributed by atoms with E-state index in [0.717, 1.165) is 50.5 Å². The average Bonchev–Trinajstić information content (AvgIpc) is 3.18. The van der Waals surface area contributed by atoms with Crippen LogP contribution < -0.4 is 4.90 Å². The summed E-state index contributed by atoms with van der Waals surface area (Å²) in [6.45, 7) is 11.1. The highest BCUT2D eigenvalue weighted by Gasteiger charge is 2.31. The van der Waals surface area contributed by atoms with Crippen molar-refractivity contribution in [3.63, 3.8) is 0 Å². The molecule has 1 aliphatic carbocycles. The third-order valence-electron chi connectivity index (χ3n) is 9.58. The van der Waals surface area contributed by atoms with Gasteiger partial charge in [-0.2, -0.15) is 0 Å².